The summed E-state index contributed by atoms with van der Waals surface area (Å²) < 4.78 is 1.32. The van der Waals surface area contributed by atoms with Crippen LogP contribution in [0.2, 0.25) is 0 Å². The van der Waals surface area contributed by atoms with Crippen LogP contribution in [0.1, 0.15) is 25.3 Å². The Bertz CT molecular complexity index is 891. The van der Waals surface area contributed by atoms with Gasteiger partial charge in [0.1, 0.15) is 6.04 Å². The molecule has 0 saturated carbocycles. The summed E-state index contributed by atoms with van der Waals surface area (Å²) in [4.78, 5) is 29.1. The van der Waals surface area contributed by atoms with Crippen molar-refractivity contribution in [1.82, 2.24) is 14.7 Å². The first-order chi connectivity index (χ1) is 12.5. The van der Waals surface area contributed by atoms with Crippen LogP contribution in [0.4, 0.5) is 11.5 Å². The highest BCUT2D eigenvalue weighted by Crippen LogP contribution is 2.38. The van der Waals surface area contributed by atoms with Gasteiger partial charge in [-0.25, -0.2) is 4.68 Å². The minimum atomic E-state index is -0.303. The van der Waals surface area contributed by atoms with E-state index in [9.17, 15) is 9.59 Å². The number of aryl methyl sites for hydroxylation is 1. The fourth-order valence-corrected chi connectivity index (χ4v) is 4.09. The maximum atomic E-state index is 13.3. The lowest BCUT2D eigenvalue weighted by Gasteiger charge is -2.35. The molecule has 1 fully saturated rings. The van der Waals surface area contributed by atoms with E-state index >= 15 is 0 Å². The molecule has 6 heteroatoms. The molecule has 0 N–H and O–H groups in total. The van der Waals surface area contributed by atoms with Crippen molar-refractivity contribution >= 4 is 17.4 Å². The number of amides is 1. The summed E-state index contributed by atoms with van der Waals surface area (Å²) in [5.41, 5.74) is 1.99. The van der Waals surface area contributed by atoms with E-state index in [0.717, 1.165) is 30.8 Å². The first-order valence-corrected chi connectivity index (χ1v) is 9.25. The van der Waals surface area contributed by atoms with Crippen LogP contribution in [-0.2, 0) is 18.3 Å². The van der Waals surface area contributed by atoms with E-state index in [2.05, 4.69) is 18.1 Å². The first-order valence-electron chi connectivity index (χ1n) is 9.25. The SMILES string of the molecule is CC1CCCN(C(=O)C2Cc3ccccc3N2c2ccc(=O)n(C)n2)C1. The second-order valence-electron chi connectivity index (χ2n) is 7.40. The maximum Gasteiger partial charge on any atom is 0.266 e. The number of aromatic nitrogens is 2. The smallest absolute Gasteiger partial charge is 0.266 e. The fourth-order valence-electron chi connectivity index (χ4n) is 4.09. The molecule has 136 valence electrons. The molecule has 26 heavy (non-hydrogen) atoms. The van der Waals surface area contributed by atoms with E-state index in [1.54, 1.807) is 13.1 Å². The molecule has 2 aliphatic heterocycles. The number of hydrogen-bond acceptors (Lipinski definition) is 4. The average molecular weight is 352 g/mol. The van der Waals surface area contributed by atoms with Crippen LogP contribution in [0.25, 0.3) is 0 Å². The molecule has 2 aliphatic rings. The molecular weight excluding hydrogens is 328 g/mol. The van der Waals surface area contributed by atoms with Crippen molar-refractivity contribution in [3.8, 4) is 0 Å². The Balaban J connectivity index is 1.72. The monoisotopic (exact) mass is 352 g/mol. The molecule has 6 nitrogen and oxygen atoms in total. The van der Waals surface area contributed by atoms with Gasteiger partial charge in [0.25, 0.3) is 5.56 Å². The van der Waals surface area contributed by atoms with Crippen LogP contribution in [0.15, 0.2) is 41.2 Å². The van der Waals surface area contributed by atoms with Gasteiger partial charge in [0.15, 0.2) is 5.82 Å². The number of carbonyl (C=O) groups is 1. The Kier molecular flexibility index (Phi) is 4.26. The summed E-state index contributed by atoms with van der Waals surface area (Å²) in [6.45, 7) is 3.85. The second kappa shape index (κ2) is 6.59. The zero-order chi connectivity index (χ0) is 18.3. The van der Waals surface area contributed by atoms with Gasteiger partial charge in [-0.15, -0.1) is 0 Å². The lowest BCUT2D eigenvalue weighted by atomic mass is 9.99. The number of anilines is 2. The van der Waals surface area contributed by atoms with Gasteiger partial charge >= 0.3 is 0 Å². The summed E-state index contributed by atoms with van der Waals surface area (Å²) in [5, 5.41) is 4.41. The van der Waals surface area contributed by atoms with Crippen molar-refractivity contribution in [2.45, 2.75) is 32.2 Å². The number of piperidine rings is 1. The predicted molar refractivity (Wildman–Crippen MR) is 101 cm³/mol. The predicted octanol–water partition coefficient (Wildman–Crippen LogP) is 2.10. The molecule has 1 amide bonds. The Morgan fingerprint density at radius 3 is 2.77 bits per heavy atom. The number of hydrogen-bond donors (Lipinski definition) is 0. The molecule has 3 heterocycles. The van der Waals surface area contributed by atoms with Crippen molar-refractivity contribution in [2.24, 2.45) is 13.0 Å². The highest BCUT2D eigenvalue weighted by molar-refractivity contribution is 5.91. The molecular formula is C20H24N4O2. The van der Waals surface area contributed by atoms with Gasteiger partial charge < -0.3 is 9.80 Å². The zero-order valence-corrected chi connectivity index (χ0v) is 15.3. The van der Waals surface area contributed by atoms with Gasteiger partial charge in [-0.05, 0) is 36.5 Å². The molecule has 1 aromatic carbocycles. The zero-order valence-electron chi connectivity index (χ0n) is 15.3. The second-order valence-corrected chi connectivity index (χ2v) is 7.40. The van der Waals surface area contributed by atoms with Crippen LogP contribution in [-0.4, -0.2) is 39.7 Å². The summed E-state index contributed by atoms with van der Waals surface area (Å²) in [6, 6.07) is 11.0. The van der Waals surface area contributed by atoms with Gasteiger partial charge in [0.2, 0.25) is 5.91 Å². The van der Waals surface area contributed by atoms with Crippen molar-refractivity contribution < 1.29 is 4.79 Å². The molecule has 1 aromatic heterocycles. The minimum absolute atomic E-state index is 0.156. The standard InChI is InChI=1S/C20H24N4O2/c1-14-6-5-11-23(13-14)20(26)17-12-15-7-3-4-8-16(15)24(17)18-9-10-19(25)22(2)21-18/h3-4,7-10,14,17H,5-6,11-13H2,1-2H3. The maximum absolute atomic E-state index is 13.3. The molecule has 2 unspecified atom stereocenters. The van der Waals surface area contributed by atoms with E-state index in [1.165, 1.54) is 17.2 Å². The fraction of sp³-hybridized carbons (Fsp3) is 0.450. The molecule has 1 saturated heterocycles. The van der Waals surface area contributed by atoms with Crippen LogP contribution in [0, 0.1) is 5.92 Å². The summed E-state index contributed by atoms with van der Waals surface area (Å²) in [7, 11) is 1.64. The van der Waals surface area contributed by atoms with Crippen molar-refractivity contribution in [2.75, 3.05) is 18.0 Å². The number of fused-ring (bicyclic) bond motifs is 1. The topological polar surface area (TPSA) is 58.4 Å². The molecule has 0 radical (unpaired) electrons. The normalized spacial score (nSPS) is 22.4. The molecule has 0 bridgehead atoms. The number of para-hydroxylation sites is 1. The Morgan fingerprint density at radius 1 is 1.19 bits per heavy atom. The summed E-state index contributed by atoms with van der Waals surface area (Å²) in [5.74, 6) is 1.34. The van der Waals surface area contributed by atoms with E-state index in [1.807, 2.05) is 28.0 Å². The highest BCUT2D eigenvalue weighted by atomic mass is 16.2. The third-order valence-corrected chi connectivity index (χ3v) is 5.42. The van der Waals surface area contributed by atoms with Gasteiger partial charge in [-0.3, -0.25) is 9.59 Å². The Morgan fingerprint density at radius 2 is 2.00 bits per heavy atom. The number of rotatable bonds is 2. The van der Waals surface area contributed by atoms with Crippen LogP contribution in [0.5, 0.6) is 0 Å². The van der Waals surface area contributed by atoms with E-state index < -0.39 is 0 Å². The van der Waals surface area contributed by atoms with Crippen LogP contribution >= 0.6 is 0 Å². The molecule has 2 atom stereocenters. The lowest BCUT2D eigenvalue weighted by Crippen LogP contribution is -2.49. The Hall–Kier alpha value is -2.63. The van der Waals surface area contributed by atoms with Gasteiger partial charge in [0.05, 0.1) is 0 Å². The summed E-state index contributed by atoms with van der Waals surface area (Å²) in [6.07, 6.45) is 2.91. The van der Waals surface area contributed by atoms with Crippen molar-refractivity contribution in [1.29, 1.82) is 0 Å². The average Bonchev–Trinajstić information content (AvgIpc) is 3.03. The third kappa shape index (κ3) is 2.89. The van der Waals surface area contributed by atoms with Crippen molar-refractivity contribution in [3.05, 3.63) is 52.3 Å². The quantitative estimate of drug-likeness (QED) is 0.831. The van der Waals surface area contributed by atoms with Crippen LogP contribution < -0.4 is 10.5 Å². The van der Waals surface area contributed by atoms with Gasteiger partial charge in [0, 0.05) is 38.3 Å². The van der Waals surface area contributed by atoms with Crippen LogP contribution in [0.3, 0.4) is 0 Å². The number of likely N-dealkylation sites (tertiary alicyclic amines) is 1. The van der Waals surface area contributed by atoms with E-state index in [0.29, 0.717) is 18.2 Å². The summed E-state index contributed by atoms with van der Waals surface area (Å²) >= 11 is 0. The number of benzene rings is 1. The lowest BCUT2D eigenvalue weighted by molar-refractivity contribution is -0.134. The number of carbonyl (C=O) groups excluding carboxylic acids is 1. The van der Waals surface area contributed by atoms with Gasteiger partial charge in [-0.1, -0.05) is 25.1 Å². The van der Waals surface area contributed by atoms with E-state index in [-0.39, 0.29) is 17.5 Å². The molecule has 4 rings (SSSR count). The van der Waals surface area contributed by atoms with Gasteiger partial charge in [-0.2, -0.15) is 5.10 Å². The third-order valence-electron chi connectivity index (χ3n) is 5.42. The first kappa shape index (κ1) is 16.8. The number of nitrogens with zero attached hydrogens (tertiary/aromatic N) is 4. The minimum Gasteiger partial charge on any atom is -0.341 e. The molecule has 0 aliphatic carbocycles. The molecule has 2 aromatic rings. The van der Waals surface area contributed by atoms with E-state index in [4.69, 9.17) is 0 Å². The highest BCUT2D eigenvalue weighted by Gasteiger charge is 2.39. The van der Waals surface area contributed by atoms with Crippen molar-refractivity contribution in [3.63, 3.8) is 0 Å². The largest absolute Gasteiger partial charge is 0.341 e. The molecule has 0 spiro atoms. The Labute approximate surface area is 153 Å².